The first-order valence-electron chi connectivity index (χ1n) is 6.18. The Labute approximate surface area is 135 Å². The van der Waals surface area contributed by atoms with Gasteiger partial charge in [-0.3, -0.25) is 0 Å². The van der Waals surface area contributed by atoms with Gasteiger partial charge in [0.05, 0.1) is 10.4 Å². The molecule has 1 aromatic heterocycles. The van der Waals surface area contributed by atoms with Crippen molar-refractivity contribution < 1.29 is 12.8 Å². The molecule has 0 spiro atoms. The van der Waals surface area contributed by atoms with Crippen molar-refractivity contribution in [2.45, 2.75) is 11.8 Å². The van der Waals surface area contributed by atoms with Crippen LogP contribution >= 0.6 is 22.6 Å². The molecule has 0 radical (unpaired) electrons. The van der Waals surface area contributed by atoms with Crippen molar-refractivity contribution in [3.63, 3.8) is 0 Å². The summed E-state index contributed by atoms with van der Waals surface area (Å²) in [7, 11) is -3.73. The number of fused-ring (bicyclic) bond motifs is 1. The van der Waals surface area contributed by atoms with Gasteiger partial charge in [0.2, 0.25) is 0 Å². The van der Waals surface area contributed by atoms with Crippen molar-refractivity contribution in [1.82, 2.24) is 3.97 Å². The molecule has 0 fully saturated rings. The first-order chi connectivity index (χ1) is 9.91. The summed E-state index contributed by atoms with van der Waals surface area (Å²) in [6.45, 7) is 1.89. The number of hydrogen-bond donors (Lipinski definition) is 0. The fourth-order valence-electron chi connectivity index (χ4n) is 2.19. The molecule has 21 heavy (non-hydrogen) atoms. The third-order valence-electron chi connectivity index (χ3n) is 3.28. The zero-order valence-corrected chi connectivity index (χ0v) is 14.0. The van der Waals surface area contributed by atoms with Crippen molar-refractivity contribution in [1.29, 1.82) is 0 Å². The maximum Gasteiger partial charge on any atom is 0.268 e. The highest BCUT2D eigenvalue weighted by molar-refractivity contribution is 14.1. The maximum absolute atomic E-state index is 13.9. The van der Waals surface area contributed by atoms with Crippen LogP contribution in [0.25, 0.3) is 10.9 Å². The van der Waals surface area contributed by atoms with Crippen molar-refractivity contribution in [2.24, 2.45) is 0 Å². The van der Waals surface area contributed by atoms with E-state index in [-0.39, 0.29) is 4.90 Å². The molecule has 0 saturated heterocycles. The Kier molecular flexibility index (Phi) is 3.53. The average molecular weight is 415 g/mol. The van der Waals surface area contributed by atoms with E-state index >= 15 is 0 Å². The molecule has 0 aliphatic carbocycles. The summed E-state index contributed by atoms with van der Waals surface area (Å²) in [5, 5.41) is 0.328. The van der Waals surface area contributed by atoms with Crippen molar-refractivity contribution in [2.75, 3.05) is 0 Å². The summed E-state index contributed by atoms with van der Waals surface area (Å²) in [4.78, 5) is 0.186. The summed E-state index contributed by atoms with van der Waals surface area (Å²) in [5.41, 5.74) is 1.33. The summed E-state index contributed by atoms with van der Waals surface area (Å²) in [6, 6.07) is 11.0. The summed E-state index contributed by atoms with van der Waals surface area (Å²) in [6.07, 6.45) is 1.45. The Morgan fingerprint density at radius 1 is 1.10 bits per heavy atom. The quantitative estimate of drug-likeness (QED) is 0.595. The molecular weight excluding hydrogens is 404 g/mol. The van der Waals surface area contributed by atoms with Crippen molar-refractivity contribution in [3.8, 4) is 0 Å². The van der Waals surface area contributed by atoms with Gasteiger partial charge in [-0.2, -0.15) is 0 Å². The topological polar surface area (TPSA) is 39.1 Å². The average Bonchev–Trinajstić information content (AvgIpc) is 2.79. The van der Waals surface area contributed by atoms with E-state index in [0.717, 1.165) is 9.54 Å². The summed E-state index contributed by atoms with van der Waals surface area (Å²) in [5.74, 6) is -0.422. The molecule has 0 N–H and O–H groups in total. The fourth-order valence-corrected chi connectivity index (χ4v) is 4.56. The highest BCUT2D eigenvalue weighted by atomic mass is 127. The molecular formula is C15H11FINO2S. The van der Waals surface area contributed by atoms with Crippen LogP contribution in [0.5, 0.6) is 0 Å². The van der Waals surface area contributed by atoms with Gasteiger partial charge in [-0.1, -0.05) is 23.8 Å². The van der Waals surface area contributed by atoms with Crippen LogP contribution in [0.4, 0.5) is 4.39 Å². The molecule has 0 aliphatic heterocycles. The van der Waals surface area contributed by atoms with Crippen molar-refractivity contribution >= 4 is 43.5 Å². The minimum atomic E-state index is -3.73. The Morgan fingerprint density at radius 2 is 1.76 bits per heavy atom. The van der Waals surface area contributed by atoms with Crippen LogP contribution in [-0.4, -0.2) is 12.4 Å². The van der Waals surface area contributed by atoms with E-state index in [2.05, 4.69) is 0 Å². The molecule has 0 unspecified atom stereocenters. The second kappa shape index (κ2) is 5.10. The SMILES string of the molecule is Cc1ccc(S(=O)(=O)n2cc(I)c3c(F)cccc32)cc1. The summed E-state index contributed by atoms with van der Waals surface area (Å²) >= 11 is 1.94. The number of benzene rings is 2. The van der Waals surface area contributed by atoms with E-state index in [4.69, 9.17) is 0 Å². The number of aryl methyl sites for hydroxylation is 1. The molecule has 2 aromatic carbocycles. The van der Waals surface area contributed by atoms with Gasteiger partial charge in [0.1, 0.15) is 5.82 Å². The zero-order chi connectivity index (χ0) is 15.2. The molecule has 108 valence electrons. The number of hydrogen-bond acceptors (Lipinski definition) is 2. The lowest BCUT2D eigenvalue weighted by atomic mass is 10.2. The predicted octanol–water partition coefficient (Wildman–Crippen LogP) is 3.93. The van der Waals surface area contributed by atoms with Crippen LogP contribution < -0.4 is 0 Å². The van der Waals surface area contributed by atoms with Gasteiger partial charge in [0, 0.05) is 15.2 Å². The lowest BCUT2D eigenvalue weighted by molar-refractivity contribution is 0.589. The van der Waals surface area contributed by atoms with Gasteiger partial charge in [-0.15, -0.1) is 0 Å². The largest absolute Gasteiger partial charge is 0.268 e. The van der Waals surface area contributed by atoms with Gasteiger partial charge in [0.25, 0.3) is 10.0 Å². The number of nitrogens with zero attached hydrogens (tertiary/aromatic N) is 1. The molecule has 0 aliphatic rings. The van der Waals surface area contributed by atoms with E-state index in [0.29, 0.717) is 14.5 Å². The summed E-state index contributed by atoms with van der Waals surface area (Å²) < 4.78 is 41.0. The second-order valence-corrected chi connectivity index (χ2v) is 7.70. The van der Waals surface area contributed by atoms with Gasteiger partial charge < -0.3 is 0 Å². The van der Waals surface area contributed by atoms with E-state index < -0.39 is 15.8 Å². The van der Waals surface area contributed by atoms with Crippen LogP contribution in [0.2, 0.25) is 0 Å². The van der Waals surface area contributed by atoms with Gasteiger partial charge >= 0.3 is 0 Å². The minimum Gasteiger partial charge on any atom is -0.240 e. The Bertz CT molecular complexity index is 930. The van der Waals surface area contributed by atoms with E-state index in [1.807, 2.05) is 29.5 Å². The lowest BCUT2D eigenvalue weighted by Crippen LogP contribution is -2.11. The zero-order valence-electron chi connectivity index (χ0n) is 11.0. The van der Waals surface area contributed by atoms with E-state index in [1.165, 1.54) is 18.3 Å². The Hall–Kier alpha value is -1.41. The Balaban J connectivity index is 2.29. The molecule has 0 amide bonds. The van der Waals surface area contributed by atoms with Gasteiger partial charge in [-0.05, 0) is 53.8 Å². The van der Waals surface area contributed by atoms with E-state index in [9.17, 15) is 12.8 Å². The smallest absolute Gasteiger partial charge is 0.240 e. The fraction of sp³-hybridized carbons (Fsp3) is 0.0667. The first-order valence-corrected chi connectivity index (χ1v) is 8.70. The number of aromatic nitrogens is 1. The molecule has 3 rings (SSSR count). The lowest BCUT2D eigenvalue weighted by Gasteiger charge is -2.07. The number of halogens is 2. The molecule has 0 atom stereocenters. The molecule has 3 nitrogen and oxygen atoms in total. The molecule has 6 heteroatoms. The maximum atomic E-state index is 13.9. The second-order valence-electron chi connectivity index (χ2n) is 4.72. The Morgan fingerprint density at radius 3 is 2.43 bits per heavy atom. The van der Waals surface area contributed by atoms with Gasteiger partial charge in [-0.25, -0.2) is 16.8 Å². The molecule has 0 bridgehead atoms. The first kappa shape index (κ1) is 14.5. The standard InChI is InChI=1S/C15H11FINO2S/c1-10-5-7-11(8-6-10)21(19,20)18-9-13(17)15-12(16)3-2-4-14(15)18/h2-9H,1H3. The predicted molar refractivity (Wildman–Crippen MR) is 88.4 cm³/mol. The monoisotopic (exact) mass is 415 g/mol. The van der Waals surface area contributed by atoms with Crippen LogP contribution in [0.3, 0.4) is 0 Å². The van der Waals surface area contributed by atoms with Crippen molar-refractivity contribution in [3.05, 3.63) is 63.6 Å². The highest BCUT2D eigenvalue weighted by Gasteiger charge is 2.21. The normalized spacial score (nSPS) is 12.0. The highest BCUT2D eigenvalue weighted by Crippen LogP contribution is 2.29. The van der Waals surface area contributed by atoms with Crippen LogP contribution in [0.1, 0.15) is 5.56 Å². The van der Waals surface area contributed by atoms with E-state index in [1.54, 1.807) is 30.3 Å². The molecule has 3 aromatic rings. The van der Waals surface area contributed by atoms with Crippen LogP contribution in [0.15, 0.2) is 53.6 Å². The van der Waals surface area contributed by atoms with Crippen LogP contribution in [0, 0.1) is 16.3 Å². The third kappa shape index (κ3) is 2.36. The van der Waals surface area contributed by atoms with Crippen LogP contribution in [-0.2, 0) is 10.0 Å². The third-order valence-corrected chi connectivity index (χ3v) is 5.78. The van der Waals surface area contributed by atoms with Gasteiger partial charge in [0.15, 0.2) is 0 Å². The minimum absolute atomic E-state index is 0.186. The number of rotatable bonds is 2. The molecule has 1 heterocycles. The molecule has 0 saturated carbocycles.